The van der Waals surface area contributed by atoms with E-state index in [-0.39, 0.29) is 0 Å². The van der Waals surface area contributed by atoms with E-state index in [9.17, 15) is 4.79 Å². The SMILES string of the molecule is CC(C)(C)OC(=O)Nc1ccc2cc(Br)ccc2c1N. The highest BCUT2D eigenvalue weighted by molar-refractivity contribution is 9.10. The van der Waals surface area contributed by atoms with Crippen molar-refractivity contribution in [2.24, 2.45) is 0 Å². The van der Waals surface area contributed by atoms with E-state index in [0.29, 0.717) is 11.4 Å². The van der Waals surface area contributed by atoms with Crippen molar-refractivity contribution in [3.05, 3.63) is 34.8 Å². The second kappa shape index (κ2) is 5.32. The molecule has 0 heterocycles. The molecule has 2 aromatic carbocycles. The maximum atomic E-state index is 11.8. The Morgan fingerprint density at radius 1 is 1.25 bits per heavy atom. The van der Waals surface area contributed by atoms with Gasteiger partial charge in [-0.25, -0.2) is 4.79 Å². The van der Waals surface area contributed by atoms with Crippen molar-refractivity contribution in [3.63, 3.8) is 0 Å². The van der Waals surface area contributed by atoms with Gasteiger partial charge in [0.25, 0.3) is 0 Å². The number of rotatable bonds is 1. The molecule has 0 aromatic heterocycles. The molecule has 20 heavy (non-hydrogen) atoms. The van der Waals surface area contributed by atoms with E-state index >= 15 is 0 Å². The standard InChI is InChI=1S/C15H17BrN2O2/c1-15(2,3)20-14(19)18-12-7-4-9-8-10(16)5-6-11(9)13(12)17/h4-8H,17H2,1-3H3,(H,18,19). The van der Waals surface area contributed by atoms with E-state index in [0.717, 1.165) is 15.2 Å². The zero-order valence-corrected chi connectivity index (χ0v) is 13.2. The molecular formula is C15H17BrN2O2. The summed E-state index contributed by atoms with van der Waals surface area (Å²) in [6, 6.07) is 9.48. The monoisotopic (exact) mass is 336 g/mol. The summed E-state index contributed by atoms with van der Waals surface area (Å²) in [7, 11) is 0. The van der Waals surface area contributed by atoms with Gasteiger partial charge in [-0.1, -0.05) is 28.1 Å². The summed E-state index contributed by atoms with van der Waals surface area (Å²) in [5.74, 6) is 0. The maximum Gasteiger partial charge on any atom is 0.412 e. The molecule has 0 saturated carbocycles. The van der Waals surface area contributed by atoms with E-state index in [4.69, 9.17) is 10.5 Å². The third kappa shape index (κ3) is 3.42. The Balaban J connectivity index is 2.30. The minimum atomic E-state index is -0.541. The second-order valence-electron chi connectivity index (χ2n) is 5.52. The highest BCUT2D eigenvalue weighted by atomic mass is 79.9. The molecular weight excluding hydrogens is 320 g/mol. The lowest BCUT2D eigenvalue weighted by Crippen LogP contribution is -2.27. The topological polar surface area (TPSA) is 64.3 Å². The molecule has 0 fully saturated rings. The Bertz CT molecular complexity index is 663. The van der Waals surface area contributed by atoms with Crippen molar-refractivity contribution in [3.8, 4) is 0 Å². The predicted molar refractivity (Wildman–Crippen MR) is 85.9 cm³/mol. The van der Waals surface area contributed by atoms with Crippen molar-refractivity contribution in [1.29, 1.82) is 0 Å². The fourth-order valence-corrected chi connectivity index (χ4v) is 2.23. The molecule has 1 amide bonds. The third-order valence-electron chi connectivity index (χ3n) is 2.66. The number of hydrogen-bond donors (Lipinski definition) is 2. The number of benzene rings is 2. The number of nitrogen functional groups attached to an aromatic ring is 1. The van der Waals surface area contributed by atoms with Crippen LogP contribution in [0.2, 0.25) is 0 Å². The first kappa shape index (κ1) is 14.7. The highest BCUT2D eigenvalue weighted by Gasteiger charge is 2.17. The van der Waals surface area contributed by atoms with Crippen LogP contribution in [0.5, 0.6) is 0 Å². The minimum absolute atomic E-state index is 0.513. The molecule has 106 valence electrons. The van der Waals surface area contributed by atoms with Crippen LogP contribution in [0.4, 0.5) is 16.2 Å². The van der Waals surface area contributed by atoms with E-state index in [2.05, 4.69) is 21.2 Å². The van der Waals surface area contributed by atoms with Crippen molar-refractivity contribution < 1.29 is 9.53 Å². The summed E-state index contributed by atoms with van der Waals surface area (Å²) in [6.45, 7) is 5.44. The van der Waals surface area contributed by atoms with Gasteiger partial charge in [0.2, 0.25) is 0 Å². The number of amides is 1. The first-order chi connectivity index (χ1) is 9.26. The molecule has 0 spiro atoms. The molecule has 3 N–H and O–H groups in total. The fourth-order valence-electron chi connectivity index (χ4n) is 1.85. The highest BCUT2D eigenvalue weighted by Crippen LogP contribution is 2.30. The van der Waals surface area contributed by atoms with Gasteiger partial charge in [-0.05, 0) is 44.4 Å². The van der Waals surface area contributed by atoms with Gasteiger partial charge >= 0.3 is 6.09 Å². The summed E-state index contributed by atoms with van der Waals surface area (Å²) < 4.78 is 6.20. The van der Waals surface area contributed by atoms with Crippen molar-refractivity contribution >= 4 is 44.2 Å². The normalized spacial score (nSPS) is 11.4. The molecule has 2 aromatic rings. The Morgan fingerprint density at radius 3 is 2.60 bits per heavy atom. The number of hydrogen-bond acceptors (Lipinski definition) is 3. The molecule has 5 heteroatoms. The largest absolute Gasteiger partial charge is 0.444 e. The average Bonchev–Trinajstić information content (AvgIpc) is 2.30. The summed E-state index contributed by atoms with van der Waals surface area (Å²) in [4.78, 5) is 11.8. The minimum Gasteiger partial charge on any atom is -0.444 e. The van der Waals surface area contributed by atoms with Gasteiger partial charge in [0.15, 0.2) is 0 Å². The molecule has 0 unspecified atom stereocenters. The number of fused-ring (bicyclic) bond motifs is 1. The Kier molecular flexibility index (Phi) is 3.90. The zero-order chi connectivity index (χ0) is 14.9. The summed E-state index contributed by atoms with van der Waals surface area (Å²) in [5, 5.41) is 4.57. The van der Waals surface area contributed by atoms with Gasteiger partial charge in [0.05, 0.1) is 11.4 Å². The third-order valence-corrected chi connectivity index (χ3v) is 3.15. The van der Waals surface area contributed by atoms with Crippen molar-refractivity contribution in [2.45, 2.75) is 26.4 Å². The number of carbonyl (C=O) groups excluding carboxylic acids is 1. The number of anilines is 2. The molecule has 2 rings (SSSR count). The first-order valence-electron chi connectivity index (χ1n) is 6.24. The van der Waals surface area contributed by atoms with E-state index < -0.39 is 11.7 Å². The van der Waals surface area contributed by atoms with E-state index in [1.54, 1.807) is 6.07 Å². The second-order valence-corrected chi connectivity index (χ2v) is 6.43. The van der Waals surface area contributed by atoms with Crippen LogP contribution < -0.4 is 11.1 Å². The molecule has 0 aliphatic carbocycles. The van der Waals surface area contributed by atoms with Gasteiger partial charge in [-0.15, -0.1) is 0 Å². The molecule has 4 nitrogen and oxygen atoms in total. The van der Waals surface area contributed by atoms with Crippen LogP contribution in [0.1, 0.15) is 20.8 Å². The lowest BCUT2D eigenvalue weighted by molar-refractivity contribution is 0.0636. The Morgan fingerprint density at radius 2 is 1.95 bits per heavy atom. The number of halogens is 1. The zero-order valence-electron chi connectivity index (χ0n) is 11.7. The predicted octanol–water partition coefficient (Wildman–Crippen LogP) is 4.53. The number of carbonyl (C=O) groups is 1. The van der Waals surface area contributed by atoms with Crippen molar-refractivity contribution in [2.75, 3.05) is 11.1 Å². The number of ether oxygens (including phenoxy) is 1. The number of nitrogens with one attached hydrogen (secondary N) is 1. The Labute approximate surface area is 126 Å². The molecule has 0 bridgehead atoms. The van der Waals surface area contributed by atoms with Crippen LogP contribution in [0, 0.1) is 0 Å². The molecule has 0 aliphatic heterocycles. The van der Waals surface area contributed by atoms with E-state index in [1.807, 2.05) is 45.0 Å². The van der Waals surface area contributed by atoms with Gasteiger partial charge in [0.1, 0.15) is 5.60 Å². The molecule has 0 saturated heterocycles. The summed E-state index contributed by atoms with van der Waals surface area (Å²) >= 11 is 3.42. The maximum absolute atomic E-state index is 11.8. The molecule has 0 radical (unpaired) electrons. The van der Waals surface area contributed by atoms with Gasteiger partial charge in [0, 0.05) is 9.86 Å². The smallest absolute Gasteiger partial charge is 0.412 e. The quantitative estimate of drug-likeness (QED) is 0.752. The van der Waals surface area contributed by atoms with Crippen LogP contribution >= 0.6 is 15.9 Å². The summed E-state index contributed by atoms with van der Waals surface area (Å²) in [5.41, 5.74) is 6.63. The lowest BCUT2D eigenvalue weighted by atomic mass is 10.1. The fraction of sp³-hybridized carbons (Fsp3) is 0.267. The van der Waals surface area contributed by atoms with Crippen molar-refractivity contribution in [1.82, 2.24) is 0 Å². The molecule has 0 atom stereocenters. The lowest BCUT2D eigenvalue weighted by Gasteiger charge is -2.20. The van der Waals surface area contributed by atoms with Crippen LogP contribution in [-0.4, -0.2) is 11.7 Å². The van der Waals surface area contributed by atoms with Crippen LogP contribution in [0.25, 0.3) is 10.8 Å². The van der Waals surface area contributed by atoms with Crippen LogP contribution in [-0.2, 0) is 4.74 Å². The molecule has 0 aliphatic rings. The Hall–Kier alpha value is -1.75. The van der Waals surface area contributed by atoms with Gasteiger partial charge < -0.3 is 10.5 Å². The summed E-state index contributed by atoms with van der Waals surface area (Å²) in [6.07, 6.45) is -0.513. The van der Waals surface area contributed by atoms with Gasteiger partial charge in [-0.2, -0.15) is 0 Å². The van der Waals surface area contributed by atoms with Crippen LogP contribution in [0.15, 0.2) is 34.8 Å². The number of nitrogens with two attached hydrogens (primary N) is 1. The first-order valence-corrected chi connectivity index (χ1v) is 7.03. The van der Waals surface area contributed by atoms with Crippen LogP contribution in [0.3, 0.4) is 0 Å². The van der Waals surface area contributed by atoms with E-state index in [1.165, 1.54) is 0 Å². The average molecular weight is 337 g/mol. The van der Waals surface area contributed by atoms with Gasteiger partial charge in [-0.3, -0.25) is 5.32 Å².